The molecule has 4 rings (SSSR count). The van der Waals surface area contributed by atoms with Gasteiger partial charge < -0.3 is 10.2 Å². The van der Waals surface area contributed by atoms with E-state index in [1.165, 1.54) is 41.1 Å². The zero-order chi connectivity index (χ0) is 23.0. The first kappa shape index (κ1) is 23.4. The highest BCUT2D eigenvalue weighted by Gasteiger charge is 2.22. The average Bonchev–Trinajstić information content (AvgIpc) is 3.32. The lowest BCUT2D eigenvalue weighted by Crippen LogP contribution is -2.38. The topological polar surface area (TPSA) is 58.1 Å². The number of amides is 1. The molecule has 0 atom stereocenters. The number of nitrogens with one attached hydrogen (secondary N) is 1. The van der Waals surface area contributed by atoms with Crippen LogP contribution in [-0.2, 0) is 12.8 Å². The van der Waals surface area contributed by atoms with E-state index in [2.05, 4.69) is 64.8 Å². The Hall–Kier alpha value is -2.73. The standard InChI is InChI=1S/C27H34N4OS/c1-3-4-5-21-10-12-24(13-11-21)26(32)28-19-23-14-16-31(17-15-23)27-29-25(30-33-27)18-22-8-6-20(2)7-9-22/h6-13,23H,3-5,14-19H2,1-2H3,(H,28,32). The first-order valence-corrected chi connectivity index (χ1v) is 12.9. The lowest BCUT2D eigenvalue weighted by Gasteiger charge is -2.31. The second kappa shape index (κ2) is 11.4. The molecular weight excluding hydrogens is 428 g/mol. The van der Waals surface area contributed by atoms with Crippen LogP contribution in [0.25, 0.3) is 0 Å². The second-order valence-electron chi connectivity index (χ2n) is 9.10. The zero-order valence-corrected chi connectivity index (χ0v) is 20.5. The van der Waals surface area contributed by atoms with E-state index in [9.17, 15) is 4.79 Å². The molecule has 0 unspecified atom stereocenters. The summed E-state index contributed by atoms with van der Waals surface area (Å²) in [5.74, 6) is 1.44. The van der Waals surface area contributed by atoms with Crippen LogP contribution >= 0.6 is 11.5 Å². The van der Waals surface area contributed by atoms with Crippen molar-refractivity contribution < 1.29 is 4.79 Å². The Bertz CT molecular complexity index is 1020. The summed E-state index contributed by atoms with van der Waals surface area (Å²) in [7, 11) is 0. The maximum absolute atomic E-state index is 12.5. The third-order valence-corrected chi connectivity index (χ3v) is 7.23. The third kappa shape index (κ3) is 6.64. The molecule has 0 bridgehead atoms. The summed E-state index contributed by atoms with van der Waals surface area (Å²) in [6.45, 7) is 6.96. The molecule has 2 aromatic carbocycles. The SMILES string of the molecule is CCCCc1ccc(C(=O)NCC2CCN(c3nc(Cc4ccc(C)cc4)ns3)CC2)cc1. The Morgan fingerprint density at radius 2 is 1.76 bits per heavy atom. The predicted octanol–water partition coefficient (Wildman–Crippen LogP) is 5.43. The van der Waals surface area contributed by atoms with Gasteiger partial charge in [-0.3, -0.25) is 4.79 Å². The molecule has 0 radical (unpaired) electrons. The van der Waals surface area contributed by atoms with Crippen LogP contribution < -0.4 is 10.2 Å². The molecule has 2 heterocycles. The number of piperidine rings is 1. The molecule has 1 fully saturated rings. The van der Waals surface area contributed by atoms with Crippen LogP contribution in [-0.4, -0.2) is 34.9 Å². The summed E-state index contributed by atoms with van der Waals surface area (Å²) in [6, 6.07) is 16.6. The molecule has 3 aromatic rings. The van der Waals surface area contributed by atoms with E-state index < -0.39 is 0 Å². The minimum atomic E-state index is 0.0318. The van der Waals surface area contributed by atoms with Crippen LogP contribution in [0.3, 0.4) is 0 Å². The van der Waals surface area contributed by atoms with Crippen molar-refractivity contribution in [3.63, 3.8) is 0 Å². The molecule has 1 aliphatic rings. The Balaban J connectivity index is 1.21. The zero-order valence-electron chi connectivity index (χ0n) is 19.7. The number of aromatic nitrogens is 2. The molecule has 33 heavy (non-hydrogen) atoms. The van der Waals surface area contributed by atoms with Gasteiger partial charge in [0.1, 0.15) is 5.82 Å². The van der Waals surface area contributed by atoms with Gasteiger partial charge in [-0.05, 0) is 61.8 Å². The predicted molar refractivity (Wildman–Crippen MR) is 136 cm³/mol. The molecule has 1 aromatic heterocycles. The maximum atomic E-state index is 12.5. The maximum Gasteiger partial charge on any atom is 0.251 e. The quantitative estimate of drug-likeness (QED) is 0.461. The number of hydrogen-bond acceptors (Lipinski definition) is 5. The van der Waals surface area contributed by atoms with Gasteiger partial charge in [0.2, 0.25) is 5.13 Å². The molecule has 1 N–H and O–H groups in total. The molecule has 0 aliphatic carbocycles. The van der Waals surface area contributed by atoms with Gasteiger partial charge in [0, 0.05) is 43.2 Å². The smallest absolute Gasteiger partial charge is 0.251 e. The van der Waals surface area contributed by atoms with Crippen molar-refractivity contribution in [2.75, 3.05) is 24.5 Å². The van der Waals surface area contributed by atoms with E-state index >= 15 is 0 Å². The summed E-state index contributed by atoms with van der Waals surface area (Å²) < 4.78 is 4.58. The van der Waals surface area contributed by atoms with Gasteiger partial charge in [-0.15, -0.1) is 0 Å². The highest BCUT2D eigenvalue weighted by atomic mass is 32.1. The van der Waals surface area contributed by atoms with E-state index in [-0.39, 0.29) is 5.91 Å². The minimum Gasteiger partial charge on any atom is -0.352 e. The summed E-state index contributed by atoms with van der Waals surface area (Å²) in [5.41, 5.74) is 4.57. The number of benzene rings is 2. The first-order valence-electron chi connectivity index (χ1n) is 12.1. The lowest BCUT2D eigenvalue weighted by atomic mass is 9.97. The van der Waals surface area contributed by atoms with E-state index in [4.69, 9.17) is 4.98 Å². The van der Waals surface area contributed by atoms with Crippen molar-refractivity contribution in [2.45, 2.75) is 52.4 Å². The first-order chi connectivity index (χ1) is 16.1. The number of carbonyl (C=O) groups is 1. The van der Waals surface area contributed by atoms with Crippen LogP contribution in [0.1, 0.15) is 65.5 Å². The Morgan fingerprint density at radius 3 is 2.45 bits per heavy atom. The van der Waals surface area contributed by atoms with Gasteiger partial charge in [-0.1, -0.05) is 55.3 Å². The van der Waals surface area contributed by atoms with E-state index in [1.807, 2.05) is 12.1 Å². The van der Waals surface area contributed by atoms with Gasteiger partial charge in [0.05, 0.1) is 0 Å². The summed E-state index contributed by atoms with van der Waals surface area (Å²) >= 11 is 1.50. The minimum absolute atomic E-state index is 0.0318. The molecule has 174 valence electrons. The highest BCUT2D eigenvalue weighted by Crippen LogP contribution is 2.25. The third-order valence-electron chi connectivity index (χ3n) is 6.41. The van der Waals surface area contributed by atoms with Gasteiger partial charge in [0.25, 0.3) is 5.91 Å². The van der Waals surface area contributed by atoms with E-state index in [0.29, 0.717) is 5.92 Å². The number of aryl methyl sites for hydroxylation is 2. The fraction of sp³-hybridized carbons (Fsp3) is 0.444. The number of anilines is 1. The van der Waals surface area contributed by atoms with Crippen LogP contribution in [0.4, 0.5) is 5.13 Å². The van der Waals surface area contributed by atoms with Crippen molar-refractivity contribution in [3.05, 3.63) is 76.6 Å². The van der Waals surface area contributed by atoms with Crippen molar-refractivity contribution in [1.29, 1.82) is 0 Å². The Kier molecular flexibility index (Phi) is 8.10. The van der Waals surface area contributed by atoms with Crippen LogP contribution in [0.5, 0.6) is 0 Å². The van der Waals surface area contributed by atoms with Crippen LogP contribution in [0.15, 0.2) is 48.5 Å². The number of rotatable bonds is 9. The van der Waals surface area contributed by atoms with E-state index in [0.717, 1.165) is 61.8 Å². The summed E-state index contributed by atoms with van der Waals surface area (Å²) in [4.78, 5) is 19.6. The Morgan fingerprint density at radius 1 is 1.06 bits per heavy atom. The fourth-order valence-corrected chi connectivity index (χ4v) is 4.94. The molecule has 1 saturated heterocycles. The average molecular weight is 463 g/mol. The number of carbonyl (C=O) groups excluding carboxylic acids is 1. The van der Waals surface area contributed by atoms with Crippen LogP contribution in [0.2, 0.25) is 0 Å². The molecule has 6 heteroatoms. The summed E-state index contributed by atoms with van der Waals surface area (Å²) in [6.07, 6.45) is 6.36. The second-order valence-corrected chi connectivity index (χ2v) is 9.83. The summed E-state index contributed by atoms with van der Waals surface area (Å²) in [5, 5.41) is 4.15. The fourth-order valence-electron chi connectivity index (χ4n) is 4.20. The largest absolute Gasteiger partial charge is 0.352 e. The number of unbranched alkanes of at least 4 members (excludes halogenated alkanes) is 1. The van der Waals surface area contributed by atoms with E-state index in [1.54, 1.807) is 0 Å². The lowest BCUT2D eigenvalue weighted by molar-refractivity contribution is 0.0945. The van der Waals surface area contributed by atoms with Crippen molar-refractivity contribution in [1.82, 2.24) is 14.7 Å². The monoisotopic (exact) mass is 462 g/mol. The van der Waals surface area contributed by atoms with Crippen molar-refractivity contribution >= 4 is 22.6 Å². The van der Waals surface area contributed by atoms with Crippen LogP contribution in [0, 0.1) is 12.8 Å². The molecule has 1 aliphatic heterocycles. The van der Waals surface area contributed by atoms with Gasteiger partial charge >= 0.3 is 0 Å². The molecular formula is C27H34N4OS. The number of nitrogens with zero attached hydrogens (tertiary/aromatic N) is 3. The highest BCUT2D eigenvalue weighted by molar-refractivity contribution is 7.09. The molecule has 1 amide bonds. The van der Waals surface area contributed by atoms with Crippen molar-refractivity contribution in [3.8, 4) is 0 Å². The molecule has 0 saturated carbocycles. The molecule has 0 spiro atoms. The Labute approximate surface area is 201 Å². The van der Waals surface area contributed by atoms with Gasteiger partial charge in [0.15, 0.2) is 0 Å². The van der Waals surface area contributed by atoms with Gasteiger partial charge in [-0.25, -0.2) is 4.98 Å². The van der Waals surface area contributed by atoms with Crippen molar-refractivity contribution in [2.24, 2.45) is 5.92 Å². The van der Waals surface area contributed by atoms with Gasteiger partial charge in [-0.2, -0.15) is 4.37 Å². The molecule has 5 nitrogen and oxygen atoms in total. The number of hydrogen-bond donors (Lipinski definition) is 1. The normalized spacial score (nSPS) is 14.4.